The molecule has 1 aliphatic heterocycles. The molecule has 0 spiro atoms. The highest BCUT2D eigenvalue weighted by molar-refractivity contribution is 5.86. The predicted molar refractivity (Wildman–Crippen MR) is 90.1 cm³/mol. The van der Waals surface area contributed by atoms with E-state index in [0.29, 0.717) is 24.3 Å². The number of allylic oxidation sites excluding steroid dienone is 2. The summed E-state index contributed by atoms with van der Waals surface area (Å²) in [4.78, 5) is 35.6. The Morgan fingerprint density at radius 1 is 1.12 bits per heavy atom. The van der Waals surface area contributed by atoms with Crippen LogP contribution >= 0.6 is 0 Å². The quantitative estimate of drug-likeness (QED) is 0.469. The van der Waals surface area contributed by atoms with E-state index in [2.05, 4.69) is 10.9 Å². The summed E-state index contributed by atoms with van der Waals surface area (Å²) < 4.78 is 15.9. The number of nitrogens with one attached hydrogen (secondary N) is 2. The van der Waals surface area contributed by atoms with Crippen molar-refractivity contribution >= 4 is 17.8 Å². The third kappa shape index (κ3) is 4.53. The molecule has 1 aromatic carbocycles. The SMILES string of the molecule is O=C(COC(=O)C1CC=CCC1)NNC(=O)C1COc2ccccc2O1. The average Bonchev–Trinajstić information content (AvgIpc) is 2.70. The van der Waals surface area contributed by atoms with Gasteiger partial charge in [0, 0.05) is 0 Å². The molecule has 0 aromatic heterocycles. The lowest BCUT2D eigenvalue weighted by Crippen LogP contribution is -2.51. The van der Waals surface area contributed by atoms with E-state index in [1.54, 1.807) is 24.3 Å². The van der Waals surface area contributed by atoms with Crippen molar-refractivity contribution in [1.82, 2.24) is 10.9 Å². The fourth-order valence-corrected chi connectivity index (χ4v) is 2.66. The largest absolute Gasteiger partial charge is 0.485 e. The Kier molecular flexibility index (Phi) is 5.73. The summed E-state index contributed by atoms with van der Waals surface area (Å²) in [6.07, 6.45) is 5.23. The predicted octanol–water partition coefficient (Wildman–Crippen LogP) is 0.873. The normalized spacial score (nSPS) is 20.8. The number of para-hydroxylation sites is 2. The topological polar surface area (TPSA) is 103 Å². The van der Waals surface area contributed by atoms with Crippen molar-refractivity contribution in [3.8, 4) is 11.5 Å². The lowest BCUT2D eigenvalue weighted by molar-refractivity contribution is -0.153. The van der Waals surface area contributed by atoms with Gasteiger partial charge in [-0.2, -0.15) is 0 Å². The number of benzene rings is 1. The first-order chi connectivity index (χ1) is 12.6. The van der Waals surface area contributed by atoms with Gasteiger partial charge < -0.3 is 14.2 Å². The van der Waals surface area contributed by atoms with Crippen molar-refractivity contribution in [3.63, 3.8) is 0 Å². The number of carbonyl (C=O) groups excluding carboxylic acids is 3. The second kappa shape index (κ2) is 8.37. The van der Waals surface area contributed by atoms with E-state index in [4.69, 9.17) is 14.2 Å². The molecule has 0 saturated heterocycles. The van der Waals surface area contributed by atoms with Crippen molar-refractivity contribution in [2.45, 2.75) is 25.4 Å². The first-order valence-electron chi connectivity index (χ1n) is 8.42. The van der Waals surface area contributed by atoms with Gasteiger partial charge in [-0.25, -0.2) is 0 Å². The molecule has 1 aromatic rings. The van der Waals surface area contributed by atoms with Crippen LogP contribution in [-0.2, 0) is 19.1 Å². The minimum Gasteiger partial charge on any atom is -0.485 e. The maximum Gasteiger partial charge on any atom is 0.309 e. The maximum atomic E-state index is 12.1. The molecule has 26 heavy (non-hydrogen) atoms. The molecule has 2 unspecified atom stereocenters. The van der Waals surface area contributed by atoms with Crippen molar-refractivity contribution < 1.29 is 28.6 Å². The van der Waals surface area contributed by atoms with Crippen LogP contribution in [-0.4, -0.2) is 37.1 Å². The van der Waals surface area contributed by atoms with Crippen LogP contribution in [0.3, 0.4) is 0 Å². The summed E-state index contributed by atoms with van der Waals surface area (Å²) in [5.74, 6) is -0.788. The number of fused-ring (bicyclic) bond motifs is 1. The molecule has 138 valence electrons. The molecule has 2 amide bonds. The molecular formula is C18H20N2O6. The number of ether oxygens (including phenoxy) is 3. The molecule has 2 N–H and O–H groups in total. The van der Waals surface area contributed by atoms with Gasteiger partial charge in [0.1, 0.15) is 6.61 Å². The minimum atomic E-state index is -0.887. The highest BCUT2D eigenvalue weighted by Gasteiger charge is 2.27. The summed E-state index contributed by atoms with van der Waals surface area (Å²) >= 11 is 0. The van der Waals surface area contributed by atoms with Gasteiger partial charge >= 0.3 is 5.97 Å². The summed E-state index contributed by atoms with van der Waals surface area (Å²) in [5.41, 5.74) is 4.44. The van der Waals surface area contributed by atoms with E-state index >= 15 is 0 Å². The molecule has 0 fully saturated rings. The molecule has 2 aliphatic rings. The standard InChI is InChI=1S/C18H20N2O6/c21-16(11-25-18(23)12-6-2-1-3-7-12)19-20-17(22)15-10-24-13-8-4-5-9-14(13)26-15/h1-2,4-5,8-9,12,15H,3,6-7,10-11H2,(H,19,21)(H,20,22). The van der Waals surface area contributed by atoms with Gasteiger partial charge in [0.2, 0.25) is 6.10 Å². The van der Waals surface area contributed by atoms with E-state index < -0.39 is 30.5 Å². The van der Waals surface area contributed by atoms with Gasteiger partial charge in [-0.05, 0) is 31.4 Å². The molecule has 0 saturated carbocycles. The smallest absolute Gasteiger partial charge is 0.309 e. The average molecular weight is 360 g/mol. The molecule has 1 heterocycles. The highest BCUT2D eigenvalue weighted by Crippen LogP contribution is 2.30. The third-order valence-electron chi connectivity index (χ3n) is 4.07. The number of esters is 1. The van der Waals surface area contributed by atoms with Crippen molar-refractivity contribution in [1.29, 1.82) is 0 Å². The Morgan fingerprint density at radius 3 is 2.69 bits per heavy atom. The molecular weight excluding hydrogens is 340 g/mol. The van der Waals surface area contributed by atoms with E-state index in [1.807, 2.05) is 12.2 Å². The van der Waals surface area contributed by atoms with Crippen LogP contribution < -0.4 is 20.3 Å². The molecule has 8 nitrogen and oxygen atoms in total. The van der Waals surface area contributed by atoms with Crippen molar-refractivity contribution in [2.24, 2.45) is 5.92 Å². The zero-order valence-corrected chi connectivity index (χ0v) is 14.1. The second-order valence-electron chi connectivity index (χ2n) is 5.99. The van der Waals surface area contributed by atoms with Crippen LogP contribution in [0.15, 0.2) is 36.4 Å². The fraction of sp³-hybridized carbons (Fsp3) is 0.389. The summed E-state index contributed by atoms with van der Waals surface area (Å²) in [6.45, 7) is -0.424. The number of hydrazine groups is 1. The number of hydrogen-bond acceptors (Lipinski definition) is 6. The summed E-state index contributed by atoms with van der Waals surface area (Å²) in [7, 11) is 0. The lowest BCUT2D eigenvalue weighted by Gasteiger charge is -2.25. The van der Waals surface area contributed by atoms with Gasteiger partial charge in [0.25, 0.3) is 11.8 Å². The maximum absolute atomic E-state index is 12.1. The van der Waals surface area contributed by atoms with Crippen LogP contribution in [0.1, 0.15) is 19.3 Å². The molecule has 1 aliphatic carbocycles. The Morgan fingerprint density at radius 2 is 1.92 bits per heavy atom. The van der Waals surface area contributed by atoms with E-state index in [1.165, 1.54) is 0 Å². The van der Waals surface area contributed by atoms with Gasteiger partial charge in [-0.3, -0.25) is 25.2 Å². The number of carbonyl (C=O) groups is 3. The number of rotatable bonds is 4. The van der Waals surface area contributed by atoms with Crippen LogP contribution in [0.25, 0.3) is 0 Å². The molecule has 2 atom stereocenters. The van der Waals surface area contributed by atoms with Gasteiger partial charge in [-0.15, -0.1) is 0 Å². The molecule has 8 heteroatoms. The Bertz CT molecular complexity index is 717. The molecule has 3 rings (SSSR count). The van der Waals surface area contributed by atoms with E-state index in [-0.39, 0.29) is 12.5 Å². The molecule has 0 radical (unpaired) electrons. The lowest BCUT2D eigenvalue weighted by atomic mass is 9.95. The first kappa shape index (κ1) is 17.8. The van der Waals surface area contributed by atoms with Crippen LogP contribution in [0.5, 0.6) is 11.5 Å². The van der Waals surface area contributed by atoms with Gasteiger partial charge in [-0.1, -0.05) is 24.3 Å². The zero-order valence-electron chi connectivity index (χ0n) is 14.1. The monoisotopic (exact) mass is 360 g/mol. The Balaban J connectivity index is 1.38. The Hall–Kier alpha value is -3.03. The first-order valence-corrected chi connectivity index (χ1v) is 8.42. The van der Waals surface area contributed by atoms with Crippen LogP contribution in [0.4, 0.5) is 0 Å². The third-order valence-corrected chi connectivity index (χ3v) is 4.07. The van der Waals surface area contributed by atoms with Crippen LogP contribution in [0.2, 0.25) is 0 Å². The minimum absolute atomic E-state index is 0.0307. The number of amides is 2. The van der Waals surface area contributed by atoms with Crippen molar-refractivity contribution in [3.05, 3.63) is 36.4 Å². The van der Waals surface area contributed by atoms with E-state index in [9.17, 15) is 14.4 Å². The van der Waals surface area contributed by atoms with Gasteiger partial charge in [0.05, 0.1) is 5.92 Å². The van der Waals surface area contributed by atoms with E-state index in [0.717, 1.165) is 6.42 Å². The fourth-order valence-electron chi connectivity index (χ4n) is 2.66. The molecule has 0 bridgehead atoms. The summed E-state index contributed by atoms with van der Waals surface area (Å²) in [6, 6.07) is 6.99. The number of hydrogen-bond donors (Lipinski definition) is 2. The Labute approximate surface area is 150 Å². The zero-order chi connectivity index (χ0) is 18.4. The van der Waals surface area contributed by atoms with Crippen molar-refractivity contribution in [2.75, 3.05) is 13.2 Å². The second-order valence-corrected chi connectivity index (χ2v) is 5.99. The highest BCUT2D eigenvalue weighted by atomic mass is 16.6. The van der Waals surface area contributed by atoms with Gasteiger partial charge in [0.15, 0.2) is 18.1 Å². The summed E-state index contributed by atoms with van der Waals surface area (Å²) in [5, 5.41) is 0. The van der Waals surface area contributed by atoms with Crippen LogP contribution in [0, 0.1) is 5.92 Å².